The first-order chi connectivity index (χ1) is 17.7. The van der Waals surface area contributed by atoms with E-state index in [-0.39, 0.29) is 11.4 Å². The standard InChI is InChI=1S/C26H30ClF3N4O2S/c1-17-19(15-34(32-17)23-18(4-3-5-21(23)28)13-31-8-11-35-2)14-33-9-6-25(7-10-33)24-20(12-22(27)37-24)26(29,30)16-36-25/h3-5,12,15,31H,6-11,13-14,16H2,1-2H3. The van der Waals surface area contributed by atoms with Crippen molar-refractivity contribution in [2.24, 2.45) is 0 Å². The van der Waals surface area contributed by atoms with Gasteiger partial charge in [0.15, 0.2) is 0 Å². The highest BCUT2D eigenvalue weighted by Crippen LogP contribution is 2.52. The number of aromatic nitrogens is 2. The van der Waals surface area contributed by atoms with Crippen LogP contribution in [0.4, 0.5) is 13.2 Å². The van der Waals surface area contributed by atoms with Crippen molar-refractivity contribution in [1.29, 1.82) is 0 Å². The van der Waals surface area contributed by atoms with Crippen molar-refractivity contribution >= 4 is 22.9 Å². The van der Waals surface area contributed by atoms with Crippen LogP contribution >= 0.6 is 22.9 Å². The second kappa shape index (κ2) is 10.7. The molecule has 5 rings (SSSR count). The zero-order chi connectivity index (χ0) is 26.2. The van der Waals surface area contributed by atoms with Crippen LogP contribution in [0.3, 0.4) is 0 Å². The molecule has 200 valence electrons. The van der Waals surface area contributed by atoms with E-state index >= 15 is 0 Å². The van der Waals surface area contributed by atoms with E-state index in [2.05, 4.69) is 15.3 Å². The topological polar surface area (TPSA) is 51.5 Å². The molecule has 0 amide bonds. The number of benzene rings is 1. The second-order valence-electron chi connectivity index (χ2n) is 9.66. The number of likely N-dealkylation sites (tertiary alicyclic amines) is 1. The summed E-state index contributed by atoms with van der Waals surface area (Å²) < 4.78 is 56.6. The molecule has 0 unspecified atom stereocenters. The lowest BCUT2D eigenvalue weighted by atomic mass is 9.84. The van der Waals surface area contributed by atoms with Crippen molar-refractivity contribution in [3.8, 4) is 5.69 Å². The van der Waals surface area contributed by atoms with E-state index < -0.39 is 18.1 Å². The average molecular weight is 555 g/mol. The number of nitrogens with zero attached hydrogens (tertiary/aromatic N) is 3. The van der Waals surface area contributed by atoms with Crippen LogP contribution in [0.25, 0.3) is 5.69 Å². The number of fused-ring (bicyclic) bond motifs is 2. The van der Waals surface area contributed by atoms with Crippen LogP contribution in [0.15, 0.2) is 30.5 Å². The van der Waals surface area contributed by atoms with Gasteiger partial charge < -0.3 is 14.8 Å². The summed E-state index contributed by atoms with van der Waals surface area (Å²) in [5.41, 5.74) is 2.34. The van der Waals surface area contributed by atoms with Gasteiger partial charge in [0.05, 0.1) is 16.6 Å². The minimum Gasteiger partial charge on any atom is -0.383 e. The Kier molecular flexibility index (Phi) is 7.68. The van der Waals surface area contributed by atoms with Crippen LogP contribution in [-0.4, -0.2) is 54.6 Å². The fourth-order valence-corrected chi connectivity index (χ4v) is 6.63. The SMILES string of the molecule is COCCNCc1cccc(F)c1-n1cc(CN2CCC3(CC2)OCC(F)(F)c2cc(Cl)sc23)c(C)n1. The Morgan fingerprint density at radius 3 is 2.78 bits per heavy atom. The lowest BCUT2D eigenvalue weighted by Crippen LogP contribution is -2.48. The van der Waals surface area contributed by atoms with Gasteiger partial charge in [0.25, 0.3) is 5.92 Å². The van der Waals surface area contributed by atoms with Gasteiger partial charge in [-0.05, 0) is 37.5 Å². The molecule has 1 N–H and O–H groups in total. The number of hydrogen-bond donors (Lipinski definition) is 1. The third-order valence-corrected chi connectivity index (χ3v) is 8.65. The quantitative estimate of drug-likeness (QED) is 0.379. The first kappa shape index (κ1) is 26.6. The minimum absolute atomic E-state index is 0.0109. The second-order valence-corrected chi connectivity index (χ2v) is 11.3. The monoisotopic (exact) mass is 554 g/mol. The number of methoxy groups -OCH3 is 1. The van der Waals surface area contributed by atoms with Gasteiger partial charge in [-0.2, -0.15) is 13.9 Å². The predicted octanol–water partition coefficient (Wildman–Crippen LogP) is 5.38. The number of piperidine rings is 1. The molecule has 1 saturated heterocycles. The molecule has 1 aromatic carbocycles. The van der Waals surface area contributed by atoms with Crippen molar-refractivity contribution in [2.45, 2.75) is 44.4 Å². The molecule has 1 spiro atoms. The Balaban J connectivity index is 1.29. The highest BCUT2D eigenvalue weighted by atomic mass is 35.5. The number of hydrogen-bond acceptors (Lipinski definition) is 6. The third-order valence-electron chi connectivity index (χ3n) is 7.20. The minimum atomic E-state index is -3.02. The number of nitrogens with one attached hydrogen (secondary N) is 1. The molecule has 0 atom stereocenters. The molecule has 0 saturated carbocycles. The summed E-state index contributed by atoms with van der Waals surface area (Å²) in [6.45, 7) is 5.01. The molecule has 0 bridgehead atoms. The van der Waals surface area contributed by atoms with Gasteiger partial charge >= 0.3 is 0 Å². The van der Waals surface area contributed by atoms with E-state index in [0.717, 1.165) is 16.8 Å². The molecule has 11 heteroatoms. The van der Waals surface area contributed by atoms with Crippen LogP contribution in [-0.2, 0) is 34.1 Å². The van der Waals surface area contributed by atoms with Crippen LogP contribution in [0.1, 0.15) is 40.1 Å². The number of ether oxygens (including phenoxy) is 2. The number of para-hydroxylation sites is 1. The van der Waals surface area contributed by atoms with Gasteiger partial charge in [-0.1, -0.05) is 23.7 Å². The molecule has 3 aromatic rings. The average Bonchev–Trinajstić information content (AvgIpc) is 3.44. The number of alkyl halides is 2. The molecule has 0 aliphatic carbocycles. The van der Waals surface area contributed by atoms with Crippen LogP contribution < -0.4 is 5.32 Å². The molecule has 2 aromatic heterocycles. The van der Waals surface area contributed by atoms with E-state index in [1.54, 1.807) is 17.9 Å². The summed E-state index contributed by atoms with van der Waals surface area (Å²) in [5.74, 6) is -3.35. The van der Waals surface area contributed by atoms with Crippen LogP contribution in [0, 0.1) is 12.7 Å². The molecular formula is C26H30ClF3N4O2S. The van der Waals surface area contributed by atoms with E-state index in [0.29, 0.717) is 67.1 Å². The van der Waals surface area contributed by atoms with E-state index in [9.17, 15) is 13.2 Å². The Morgan fingerprint density at radius 2 is 2.03 bits per heavy atom. The molecule has 2 aliphatic rings. The molecule has 37 heavy (non-hydrogen) atoms. The summed E-state index contributed by atoms with van der Waals surface area (Å²) in [6.07, 6.45) is 3.08. The van der Waals surface area contributed by atoms with E-state index in [1.807, 2.05) is 19.2 Å². The van der Waals surface area contributed by atoms with Gasteiger partial charge in [0.1, 0.15) is 23.7 Å². The van der Waals surface area contributed by atoms with Crippen LogP contribution in [0.5, 0.6) is 0 Å². The summed E-state index contributed by atoms with van der Waals surface area (Å²) in [6, 6.07) is 6.41. The number of aryl methyl sites for hydroxylation is 1. The molecular weight excluding hydrogens is 525 g/mol. The fourth-order valence-electron chi connectivity index (χ4n) is 5.15. The number of thiophene rings is 1. The van der Waals surface area contributed by atoms with Gasteiger partial charge in [0, 0.05) is 62.0 Å². The Morgan fingerprint density at radius 1 is 1.24 bits per heavy atom. The zero-order valence-electron chi connectivity index (χ0n) is 20.8. The maximum Gasteiger partial charge on any atom is 0.297 e. The third kappa shape index (κ3) is 5.32. The van der Waals surface area contributed by atoms with Crippen molar-refractivity contribution in [3.05, 3.63) is 67.9 Å². The van der Waals surface area contributed by atoms with Gasteiger partial charge in [-0.25, -0.2) is 9.07 Å². The van der Waals surface area contributed by atoms with Crippen molar-refractivity contribution in [3.63, 3.8) is 0 Å². The molecule has 4 heterocycles. The maximum absolute atomic E-state index is 14.9. The van der Waals surface area contributed by atoms with Crippen molar-refractivity contribution in [2.75, 3.05) is 40.0 Å². The van der Waals surface area contributed by atoms with Crippen LogP contribution in [0.2, 0.25) is 4.34 Å². The van der Waals surface area contributed by atoms with Gasteiger partial charge in [-0.15, -0.1) is 11.3 Å². The lowest BCUT2D eigenvalue weighted by Gasteiger charge is -2.45. The fraction of sp³-hybridized carbons (Fsp3) is 0.500. The molecule has 2 aliphatic heterocycles. The predicted molar refractivity (Wildman–Crippen MR) is 137 cm³/mol. The summed E-state index contributed by atoms with van der Waals surface area (Å²) in [5, 5.41) is 7.88. The Hall–Kier alpha value is -1.95. The number of rotatable bonds is 8. The Bertz CT molecular complexity index is 1260. The number of halogens is 4. The first-order valence-electron chi connectivity index (χ1n) is 12.3. The van der Waals surface area contributed by atoms with Gasteiger partial charge in [-0.3, -0.25) is 4.90 Å². The zero-order valence-corrected chi connectivity index (χ0v) is 22.4. The van der Waals surface area contributed by atoms with E-state index in [4.69, 9.17) is 21.1 Å². The normalized spacial score (nSPS) is 18.9. The molecule has 6 nitrogen and oxygen atoms in total. The largest absolute Gasteiger partial charge is 0.383 e. The van der Waals surface area contributed by atoms with Crippen molar-refractivity contribution in [1.82, 2.24) is 20.0 Å². The Labute approximate surface area is 223 Å². The smallest absolute Gasteiger partial charge is 0.297 e. The highest BCUT2D eigenvalue weighted by Gasteiger charge is 2.51. The van der Waals surface area contributed by atoms with Gasteiger partial charge in [0.2, 0.25) is 0 Å². The first-order valence-corrected chi connectivity index (χ1v) is 13.5. The maximum atomic E-state index is 14.9. The summed E-state index contributed by atoms with van der Waals surface area (Å²) in [4.78, 5) is 2.82. The van der Waals surface area contributed by atoms with Crippen molar-refractivity contribution < 1.29 is 22.6 Å². The highest BCUT2D eigenvalue weighted by molar-refractivity contribution is 7.16. The molecule has 1 fully saturated rings. The summed E-state index contributed by atoms with van der Waals surface area (Å²) >= 11 is 7.32. The van der Waals surface area contributed by atoms with E-state index in [1.165, 1.54) is 23.5 Å². The summed E-state index contributed by atoms with van der Waals surface area (Å²) in [7, 11) is 1.64. The lowest BCUT2D eigenvalue weighted by molar-refractivity contribution is -0.182. The molecule has 0 radical (unpaired) electrons.